The van der Waals surface area contributed by atoms with Crippen molar-refractivity contribution in [3.63, 3.8) is 0 Å². The Balaban J connectivity index is 1.48. The van der Waals surface area contributed by atoms with Gasteiger partial charge in [0, 0.05) is 75.5 Å². The zero-order chi connectivity index (χ0) is 69.8. The first-order valence-electron chi connectivity index (χ1n) is 32.0. The highest BCUT2D eigenvalue weighted by Gasteiger charge is 2.46. The predicted octanol–water partition coefficient (Wildman–Crippen LogP) is 9.65. The normalized spacial score (nSPS) is 14.7. The zero-order valence-corrected chi connectivity index (χ0v) is 58.3. The SMILES string of the molecule is C/C(=C\[C@H](C(C)C)N(C)C(=O)[C@@H](NC(=O)[C@@H](N(C)C(=O)OC(C)(C)C)C(C)(C)c1ccccc1)C(C)(C)C)C(=O)NS(=O)(=O)c1ccc(CCC(=O)[C@H](CCCCNC(=O)OC(C)(C)C)NC(=O)[C@@H](CC(=O)CCCCCN2C(=O)C=CC2=O)Cc2ccccc2)cc1. The van der Waals surface area contributed by atoms with E-state index in [0.29, 0.717) is 37.7 Å². The highest BCUT2D eigenvalue weighted by molar-refractivity contribution is 7.90. The highest BCUT2D eigenvalue weighted by Crippen LogP contribution is 2.33. The summed E-state index contributed by atoms with van der Waals surface area (Å²) >= 11 is 0. The van der Waals surface area contributed by atoms with Crippen molar-refractivity contribution >= 4 is 69.2 Å². The summed E-state index contributed by atoms with van der Waals surface area (Å²) in [4.78, 5) is 139. The van der Waals surface area contributed by atoms with Crippen LogP contribution in [0.3, 0.4) is 0 Å². The second-order valence-corrected chi connectivity index (χ2v) is 29.7. The molecule has 0 aromatic heterocycles. The third kappa shape index (κ3) is 24.8. The molecule has 0 saturated carbocycles. The topological polar surface area (TPSA) is 281 Å². The quantitative estimate of drug-likeness (QED) is 0.0251. The molecule has 0 saturated heterocycles. The number of carbonyl (C=O) groups is 10. The maximum atomic E-state index is 14.8. The van der Waals surface area contributed by atoms with Crippen LogP contribution in [0.4, 0.5) is 9.59 Å². The molecule has 0 bridgehead atoms. The van der Waals surface area contributed by atoms with E-state index in [0.717, 1.165) is 16.0 Å². The van der Waals surface area contributed by atoms with Gasteiger partial charge in [-0.15, -0.1) is 0 Å². The fraction of sp³-hybridized carbons (Fsp3) is 0.549. The number of aryl methyl sites for hydroxylation is 1. The number of nitrogens with zero attached hydrogens (tertiary/aromatic N) is 3. The first-order chi connectivity index (χ1) is 43.2. The molecule has 8 amide bonds. The summed E-state index contributed by atoms with van der Waals surface area (Å²) in [5.41, 5.74) is -1.29. The fourth-order valence-corrected chi connectivity index (χ4v) is 11.8. The lowest BCUT2D eigenvalue weighted by Gasteiger charge is -2.42. The van der Waals surface area contributed by atoms with E-state index in [1.807, 2.05) is 88.4 Å². The first kappa shape index (κ1) is 77.4. The van der Waals surface area contributed by atoms with Gasteiger partial charge in [-0.2, -0.15) is 0 Å². The monoisotopic (exact) mass is 1310 g/mol. The molecule has 22 heteroatoms. The van der Waals surface area contributed by atoms with E-state index in [9.17, 15) is 56.4 Å². The number of ketones is 2. The molecule has 0 fully saturated rings. The highest BCUT2D eigenvalue weighted by atomic mass is 32.2. The Morgan fingerprint density at radius 3 is 1.80 bits per heavy atom. The molecule has 93 heavy (non-hydrogen) atoms. The van der Waals surface area contributed by atoms with Crippen molar-refractivity contribution in [1.29, 1.82) is 0 Å². The van der Waals surface area contributed by atoms with Crippen LogP contribution >= 0.6 is 0 Å². The van der Waals surface area contributed by atoms with Gasteiger partial charge in [0.2, 0.25) is 17.7 Å². The van der Waals surface area contributed by atoms with Crippen molar-refractivity contribution in [2.45, 2.75) is 213 Å². The van der Waals surface area contributed by atoms with Gasteiger partial charge in [0.05, 0.1) is 17.0 Å². The minimum Gasteiger partial charge on any atom is -0.444 e. The number of imide groups is 1. The number of nitrogens with one attached hydrogen (secondary N) is 4. The van der Waals surface area contributed by atoms with Crippen LogP contribution in [0, 0.1) is 17.3 Å². The molecular weight excluding hydrogens is 1210 g/mol. The third-order valence-corrected chi connectivity index (χ3v) is 17.3. The summed E-state index contributed by atoms with van der Waals surface area (Å²) in [7, 11) is -1.44. The summed E-state index contributed by atoms with van der Waals surface area (Å²) in [6, 6.07) is 20.1. The molecule has 3 aromatic rings. The van der Waals surface area contributed by atoms with Gasteiger partial charge < -0.3 is 30.3 Å². The molecule has 1 heterocycles. The summed E-state index contributed by atoms with van der Waals surface area (Å²) in [5.74, 6) is -4.86. The Kier molecular flexibility index (Phi) is 28.5. The van der Waals surface area contributed by atoms with Gasteiger partial charge in [-0.1, -0.05) is 134 Å². The molecule has 0 spiro atoms. The molecule has 0 aliphatic carbocycles. The van der Waals surface area contributed by atoms with Gasteiger partial charge in [0.15, 0.2) is 5.78 Å². The molecule has 1 aliphatic rings. The summed E-state index contributed by atoms with van der Waals surface area (Å²) in [5, 5.41) is 8.64. The zero-order valence-electron chi connectivity index (χ0n) is 57.4. The van der Waals surface area contributed by atoms with Crippen LogP contribution in [0.1, 0.15) is 171 Å². The number of hydrogen-bond acceptors (Lipinski definition) is 14. The Morgan fingerprint density at radius 1 is 0.656 bits per heavy atom. The third-order valence-electron chi connectivity index (χ3n) is 16.0. The van der Waals surface area contributed by atoms with Crippen LogP contribution in [-0.2, 0) is 76.1 Å². The fourth-order valence-electron chi connectivity index (χ4n) is 10.8. The van der Waals surface area contributed by atoms with Crippen LogP contribution in [0.15, 0.2) is 114 Å². The predicted molar refractivity (Wildman–Crippen MR) is 356 cm³/mol. The van der Waals surface area contributed by atoms with Crippen molar-refractivity contribution in [2.24, 2.45) is 17.3 Å². The Morgan fingerprint density at radius 2 is 1.24 bits per heavy atom. The lowest BCUT2D eigenvalue weighted by Crippen LogP contribution is -2.63. The van der Waals surface area contributed by atoms with Crippen LogP contribution in [0.5, 0.6) is 0 Å². The number of rotatable bonds is 33. The minimum atomic E-state index is -4.47. The van der Waals surface area contributed by atoms with E-state index in [-0.39, 0.29) is 91.4 Å². The van der Waals surface area contributed by atoms with Gasteiger partial charge in [-0.05, 0) is 134 Å². The van der Waals surface area contributed by atoms with Gasteiger partial charge >= 0.3 is 12.2 Å². The number of Topliss-reactive ketones (excluding diaryl/α,β-unsaturated/α-hetero) is 2. The maximum absolute atomic E-state index is 14.8. The van der Waals surface area contributed by atoms with Gasteiger partial charge in [0.25, 0.3) is 27.7 Å². The minimum absolute atomic E-state index is 0.0104. The van der Waals surface area contributed by atoms with Crippen molar-refractivity contribution in [3.8, 4) is 0 Å². The van der Waals surface area contributed by atoms with E-state index >= 15 is 0 Å². The Bertz CT molecular complexity index is 3250. The number of unbranched alkanes of at least 4 members (excludes halogenated alkanes) is 3. The lowest BCUT2D eigenvalue weighted by atomic mass is 9.76. The van der Waals surface area contributed by atoms with E-state index < -0.39 is 98.0 Å². The molecule has 21 nitrogen and oxygen atoms in total. The number of hydrogen-bond donors (Lipinski definition) is 4. The van der Waals surface area contributed by atoms with Gasteiger partial charge in [-0.3, -0.25) is 48.2 Å². The number of carbonyl (C=O) groups excluding carboxylic acids is 10. The van der Waals surface area contributed by atoms with E-state index in [2.05, 4.69) is 20.7 Å². The lowest BCUT2D eigenvalue weighted by molar-refractivity contribution is -0.142. The first-order valence-corrected chi connectivity index (χ1v) is 33.5. The molecule has 1 aliphatic heterocycles. The number of ether oxygens (including phenoxy) is 2. The Hall–Kier alpha value is -8.01. The number of amides is 8. The van der Waals surface area contributed by atoms with Crippen LogP contribution < -0.4 is 20.7 Å². The largest absolute Gasteiger partial charge is 0.444 e. The summed E-state index contributed by atoms with van der Waals surface area (Å²) in [6.45, 7) is 25.1. The molecule has 4 N–H and O–H groups in total. The maximum Gasteiger partial charge on any atom is 0.410 e. The molecule has 3 aromatic carbocycles. The summed E-state index contributed by atoms with van der Waals surface area (Å²) in [6.07, 6.45) is 5.70. The number of benzene rings is 3. The van der Waals surface area contributed by atoms with Crippen LogP contribution in [-0.4, -0.2) is 145 Å². The Labute approximate surface area is 551 Å². The number of alkyl carbamates (subject to hydrolysis) is 1. The van der Waals surface area contributed by atoms with E-state index in [1.165, 1.54) is 66.3 Å². The van der Waals surface area contributed by atoms with Crippen LogP contribution in [0.25, 0.3) is 0 Å². The molecular formula is C71H101N7O14S. The second-order valence-electron chi connectivity index (χ2n) is 28.1. The van der Waals surface area contributed by atoms with Gasteiger partial charge in [-0.25, -0.2) is 22.7 Å². The van der Waals surface area contributed by atoms with Crippen molar-refractivity contribution < 1.29 is 65.8 Å². The molecule has 510 valence electrons. The smallest absolute Gasteiger partial charge is 0.410 e. The average Bonchev–Trinajstić information content (AvgIpc) is 1.18. The van der Waals surface area contributed by atoms with Crippen LogP contribution in [0.2, 0.25) is 0 Å². The molecule has 4 rings (SSSR count). The van der Waals surface area contributed by atoms with E-state index in [4.69, 9.17) is 9.47 Å². The van der Waals surface area contributed by atoms with Crippen molar-refractivity contribution in [2.75, 3.05) is 27.2 Å². The average molecular weight is 1310 g/mol. The van der Waals surface area contributed by atoms with Crippen molar-refractivity contribution in [1.82, 2.24) is 35.4 Å². The standard InChI is InChI=1S/C71H101N7O14S/c1-47(2)56(76(15)65(86)60(68(4,5)6)74-64(85)61(77(16)67(88)92-70(10,11)12)71(13,14)52-30-22-18-23-31-52)44-48(3)62(83)75-93(89,90)54-37-34-49(35-38-54)36-39-57(80)55(33-25-26-42-72-66(87)91-69(7,8)9)73-63(84)51(45-50-28-20-17-21-29-50)46-53(79)32-24-19-27-43-78-58(81)40-41-59(78)82/h17-18,20-23,28-31,34-35,37-38,40-41,44,47,51,55-56,60-61H,19,24-27,32-33,36,39,42-43,45-46H2,1-16H3,(H,72,87)(H,73,84)(H,74,85)(H,75,83)/b48-44+/t51-,55+,56-,60-,61-/m1/s1. The molecule has 0 radical (unpaired) electrons. The number of likely N-dealkylation sites (N-methyl/N-ethyl adjacent to an activating group) is 2. The number of sulfonamides is 1. The van der Waals surface area contributed by atoms with Crippen molar-refractivity contribution in [3.05, 3.63) is 125 Å². The second kappa shape index (κ2) is 34.2. The summed E-state index contributed by atoms with van der Waals surface area (Å²) < 4.78 is 40.8. The molecule has 0 unspecified atom stereocenters. The van der Waals surface area contributed by atoms with Gasteiger partial charge in [0.1, 0.15) is 29.1 Å². The van der Waals surface area contributed by atoms with E-state index in [1.54, 1.807) is 69.4 Å². The molecule has 5 atom stereocenters.